The number of alkyl halides is 1. The SMILES string of the molecule is O=Nc1ccc(NC2CCC(OCC(=O)N3CCN(c4cccc(Cl)c4)CC3)CC2)cc1CF. The lowest BCUT2D eigenvalue weighted by atomic mass is 9.92. The van der Waals surface area contributed by atoms with Crippen LogP contribution in [0.15, 0.2) is 47.6 Å². The Kier molecular flexibility index (Phi) is 8.34. The third kappa shape index (κ3) is 6.24. The van der Waals surface area contributed by atoms with Crippen molar-refractivity contribution in [1.29, 1.82) is 0 Å². The number of anilines is 2. The van der Waals surface area contributed by atoms with Gasteiger partial charge in [0, 0.05) is 54.2 Å². The van der Waals surface area contributed by atoms with Gasteiger partial charge in [0.05, 0.1) is 6.10 Å². The molecule has 0 bridgehead atoms. The van der Waals surface area contributed by atoms with Crippen molar-refractivity contribution in [3.63, 3.8) is 0 Å². The van der Waals surface area contributed by atoms with Gasteiger partial charge in [-0.3, -0.25) is 4.79 Å². The molecule has 2 aromatic carbocycles. The van der Waals surface area contributed by atoms with Gasteiger partial charge in [-0.05, 0) is 67.3 Å². The lowest BCUT2D eigenvalue weighted by Crippen LogP contribution is -2.50. The first-order valence-corrected chi connectivity index (χ1v) is 12.1. The third-order valence-corrected chi connectivity index (χ3v) is 6.85. The molecule has 0 atom stereocenters. The predicted molar refractivity (Wildman–Crippen MR) is 133 cm³/mol. The Morgan fingerprint density at radius 2 is 1.85 bits per heavy atom. The summed E-state index contributed by atoms with van der Waals surface area (Å²) in [5.74, 6) is 0.0358. The average Bonchev–Trinajstić information content (AvgIpc) is 2.88. The molecule has 2 fully saturated rings. The van der Waals surface area contributed by atoms with E-state index in [9.17, 15) is 14.1 Å². The first-order chi connectivity index (χ1) is 16.6. The van der Waals surface area contributed by atoms with E-state index in [2.05, 4.69) is 15.4 Å². The number of nitroso groups, excluding NO2 is 1. The van der Waals surface area contributed by atoms with Gasteiger partial charge in [-0.15, -0.1) is 4.91 Å². The van der Waals surface area contributed by atoms with Crippen LogP contribution in [0.2, 0.25) is 5.02 Å². The molecule has 2 aliphatic rings. The predicted octanol–water partition coefficient (Wildman–Crippen LogP) is 5.30. The number of nitrogens with one attached hydrogen (secondary N) is 1. The van der Waals surface area contributed by atoms with Crippen LogP contribution in [0.1, 0.15) is 31.2 Å². The van der Waals surface area contributed by atoms with Crippen molar-refractivity contribution in [2.75, 3.05) is 43.0 Å². The van der Waals surface area contributed by atoms with E-state index in [1.54, 1.807) is 18.2 Å². The minimum Gasteiger partial charge on any atom is -0.382 e. The summed E-state index contributed by atoms with van der Waals surface area (Å²) in [5, 5.41) is 6.98. The van der Waals surface area contributed by atoms with Gasteiger partial charge in [-0.2, -0.15) is 0 Å². The van der Waals surface area contributed by atoms with Crippen molar-refractivity contribution < 1.29 is 13.9 Å². The van der Waals surface area contributed by atoms with Crippen molar-refractivity contribution in [3.05, 3.63) is 58.0 Å². The Labute approximate surface area is 204 Å². The fourth-order valence-corrected chi connectivity index (χ4v) is 4.83. The van der Waals surface area contributed by atoms with Crippen LogP contribution in [0.5, 0.6) is 0 Å². The largest absolute Gasteiger partial charge is 0.382 e. The second-order valence-corrected chi connectivity index (χ2v) is 9.28. The highest BCUT2D eigenvalue weighted by atomic mass is 35.5. The zero-order chi connectivity index (χ0) is 23.9. The zero-order valence-electron chi connectivity index (χ0n) is 19.1. The average molecular weight is 489 g/mol. The van der Waals surface area contributed by atoms with Crippen LogP contribution in [0.25, 0.3) is 0 Å². The van der Waals surface area contributed by atoms with Crippen LogP contribution in [-0.4, -0.2) is 55.7 Å². The van der Waals surface area contributed by atoms with E-state index in [1.165, 1.54) is 0 Å². The van der Waals surface area contributed by atoms with Crippen LogP contribution < -0.4 is 10.2 Å². The summed E-state index contributed by atoms with van der Waals surface area (Å²) in [6.07, 6.45) is 3.58. The van der Waals surface area contributed by atoms with Gasteiger partial charge in [0.25, 0.3) is 0 Å². The molecular weight excluding hydrogens is 459 g/mol. The van der Waals surface area contributed by atoms with E-state index in [0.717, 1.165) is 50.1 Å². The highest BCUT2D eigenvalue weighted by molar-refractivity contribution is 6.30. The first-order valence-electron chi connectivity index (χ1n) is 11.7. The lowest BCUT2D eigenvalue weighted by molar-refractivity contribution is -0.139. The molecule has 4 rings (SSSR count). The van der Waals surface area contributed by atoms with Crippen LogP contribution in [0.3, 0.4) is 0 Å². The number of nitrogens with zero attached hydrogens (tertiary/aromatic N) is 3. The van der Waals surface area contributed by atoms with Crippen molar-refractivity contribution in [2.45, 2.75) is 44.5 Å². The molecule has 2 aromatic rings. The number of carbonyl (C=O) groups is 1. The minimum absolute atomic E-state index is 0.0358. The van der Waals surface area contributed by atoms with E-state index in [0.29, 0.717) is 23.7 Å². The van der Waals surface area contributed by atoms with Crippen molar-refractivity contribution in [3.8, 4) is 0 Å². The Balaban J connectivity index is 1.17. The normalized spacial score (nSPS) is 20.8. The summed E-state index contributed by atoms with van der Waals surface area (Å²) >= 11 is 6.09. The van der Waals surface area contributed by atoms with Crippen molar-refractivity contribution in [2.24, 2.45) is 5.18 Å². The maximum absolute atomic E-state index is 13.1. The second kappa shape index (κ2) is 11.6. The minimum atomic E-state index is -0.721. The van der Waals surface area contributed by atoms with Crippen LogP contribution in [-0.2, 0) is 16.2 Å². The molecule has 0 aromatic heterocycles. The maximum Gasteiger partial charge on any atom is 0.248 e. The van der Waals surface area contributed by atoms with E-state index < -0.39 is 6.67 Å². The highest BCUT2D eigenvalue weighted by Crippen LogP contribution is 2.28. The maximum atomic E-state index is 13.1. The van der Waals surface area contributed by atoms with Gasteiger partial charge in [-0.25, -0.2) is 4.39 Å². The molecule has 7 nitrogen and oxygen atoms in total. The molecule has 9 heteroatoms. The fraction of sp³-hybridized carbons (Fsp3) is 0.480. The summed E-state index contributed by atoms with van der Waals surface area (Å²) in [7, 11) is 0. The Morgan fingerprint density at radius 3 is 2.53 bits per heavy atom. The molecule has 1 amide bonds. The molecule has 1 N–H and O–H groups in total. The van der Waals surface area contributed by atoms with E-state index in [4.69, 9.17) is 16.3 Å². The first kappa shape index (κ1) is 24.4. The summed E-state index contributed by atoms with van der Waals surface area (Å²) in [5.41, 5.74) is 2.31. The highest BCUT2D eigenvalue weighted by Gasteiger charge is 2.25. The molecule has 1 aliphatic heterocycles. The third-order valence-electron chi connectivity index (χ3n) is 6.62. The Hall–Kier alpha value is -2.71. The number of ether oxygens (including phenoxy) is 1. The number of piperazine rings is 1. The van der Waals surface area contributed by atoms with Crippen molar-refractivity contribution >= 4 is 34.6 Å². The van der Waals surface area contributed by atoms with Crippen LogP contribution in [0.4, 0.5) is 21.5 Å². The van der Waals surface area contributed by atoms with Gasteiger partial charge in [0.15, 0.2) is 0 Å². The van der Waals surface area contributed by atoms with Crippen molar-refractivity contribution in [1.82, 2.24) is 4.90 Å². The standard InChI is InChI=1S/C25H30ClFN4O3/c26-19-2-1-3-22(15-19)30-10-12-31(13-11-30)25(32)17-34-23-7-4-20(5-8-23)28-21-6-9-24(29-33)18(14-21)16-27/h1-3,6,9,14-15,20,23,28H,4-5,7-8,10-13,16-17H2. The number of benzene rings is 2. The topological polar surface area (TPSA) is 74.2 Å². The van der Waals surface area contributed by atoms with Gasteiger partial charge < -0.3 is 19.9 Å². The molecule has 1 saturated heterocycles. The quantitative estimate of drug-likeness (QED) is 0.510. The van der Waals surface area contributed by atoms with Gasteiger partial charge in [-0.1, -0.05) is 17.7 Å². The zero-order valence-corrected chi connectivity index (χ0v) is 19.8. The fourth-order valence-electron chi connectivity index (χ4n) is 4.65. The lowest BCUT2D eigenvalue weighted by Gasteiger charge is -2.36. The summed E-state index contributed by atoms with van der Waals surface area (Å²) in [4.78, 5) is 27.5. The smallest absolute Gasteiger partial charge is 0.248 e. The van der Waals surface area contributed by atoms with E-state index >= 15 is 0 Å². The monoisotopic (exact) mass is 488 g/mol. The molecule has 0 unspecified atom stereocenters. The van der Waals surface area contributed by atoms with Gasteiger partial charge >= 0.3 is 0 Å². The Morgan fingerprint density at radius 1 is 1.09 bits per heavy atom. The number of hydrogen-bond donors (Lipinski definition) is 1. The number of amides is 1. The molecule has 0 radical (unpaired) electrons. The molecule has 1 aliphatic carbocycles. The molecule has 1 saturated carbocycles. The van der Waals surface area contributed by atoms with Crippen LogP contribution >= 0.6 is 11.6 Å². The molecule has 34 heavy (non-hydrogen) atoms. The van der Waals surface area contributed by atoms with E-state index in [-0.39, 0.29) is 30.3 Å². The van der Waals surface area contributed by atoms with Crippen LogP contribution in [0, 0.1) is 4.91 Å². The molecular formula is C25H30ClFN4O3. The summed E-state index contributed by atoms with van der Waals surface area (Å²) in [6, 6.07) is 13.0. The summed E-state index contributed by atoms with van der Waals surface area (Å²) in [6.45, 7) is 2.28. The molecule has 0 spiro atoms. The summed E-state index contributed by atoms with van der Waals surface area (Å²) < 4.78 is 19.0. The van der Waals surface area contributed by atoms with Gasteiger partial charge in [0.1, 0.15) is 19.0 Å². The van der Waals surface area contributed by atoms with Gasteiger partial charge in [0.2, 0.25) is 5.91 Å². The number of rotatable bonds is 8. The molecule has 1 heterocycles. The Bertz CT molecular complexity index is 992. The number of halogens is 2. The molecule has 182 valence electrons. The van der Waals surface area contributed by atoms with E-state index in [1.807, 2.05) is 29.2 Å². The second-order valence-electron chi connectivity index (χ2n) is 8.85. The number of carbonyl (C=O) groups excluding carboxylic acids is 1. The number of hydrogen-bond acceptors (Lipinski definition) is 6.